The number of amides is 2. The van der Waals surface area contributed by atoms with Gasteiger partial charge in [0.05, 0.1) is 12.1 Å². The third-order valence-corrected chi connectivity index (χ3v) is 7.80. The van der Waals surface area contributed by atoms with E-state index in [2.05, 4.69) is 15.2 Å². The molecule has 0 radical (unpaired) electrons. The van der Waals surface area contributed by atoms with Crippen molar-refractivity contribution in [3.63, 3.8) is 0 Å². The number of hydrogen-bond acceptors (Lipinski definition) is 7. The van der Waals surface area contributed by atoms with Crippen LogP contribution in [0.5, 0.6) is 5.75 Å². The molecule has 3 N–H and O–H groups in total. The van der Waals surface area contributed by atoms with E-state index in [4.69, 9.17) is 19.4 Å². The van der Waals surface area contributed by atoms with Gasteiger partial charge in [-0.2, -0.15) is 13.2 Å². The number of nitrogens with zero attached hydrogens (tertiary/aromatic N) is 2. The Balaban J connectivity index is 0.000000591. The predicted molar refractivity (Wildman–Crippen MR) is 157 cm³/mol. The molecular weight excluding hydrogens is 597 g/mol. The lowest BCUT2D eigenvalue weighted by Crippen LogP contribution is -2.58. The number of esters is 1. The highest BCUT2D eigenvalue weighted by Crippen LogP contribution is 2.44. The second-order valence-corrected chi connectivity index (χ2v) is 10.7. The molecule has 1 atom stereocenters. The van der Waals surface area contributed by atoms with E-state index >= 15 is 0 Å². The number of carboxylic acid groups (broad SMARTS) is 1. The first-order chi connectivity index (χ1) is 21.4. The molecule has 45 heavy (non-hydrogen) atoms. The van der Waals surface area contributed by atoms with E-state index in [9.17, 15) is 27.6 Å². The van der Waals surface area contributed by atoms with Crippen molar-refractivity contribution >= 4 is 34.7 Å². The quantitative estimate of drug-likeness (QED) is 0.249. The van der Waals surface area contributed by atoms with Gasteiger partial charge in [-0.25, -0.2) is 9.59 Å². The Morgan fingerprint density at radius 3 is 2.44 bits per heavy atom. The molecule has 14 heteroatoms. The van der Waals surface area contributed by atoms with Crippen LogP contribution in [0.25, 0.3) is 10.9 Å². The third kappa shape index (κ3) is 7.74. The van der Waals surface area contributed by atoms with Gasteiger partial charge in [-0.3, -0.25) is 14.5 Å². The number of H-pyrrole nitrogens is 1. The summed E-state index contributed by atoms with van der Waals surface area (Å²) in [5.74, 6) is -2.36. The van der Waals surface area contributed by atoms with E-state index in [-0.39, 0.29) is 25.0 Å². The van der Waals surface area contributed by atoms with Gasteiger partial charge in [0.25, 0.3) is 0 Å². The van der Waals surface area contributed by atoms with E-state index in [0.717, 1.165) is 47.4 Å². The number of alkyl halides is 3. The Bertz CT molecular complexity index is 1540. The van der Waals surface area contributed by atoms with Gasteiger partial charge in [0.15, 0.2) is 5.78 Å². The first-order valence-corrected chi connectivity index (χ1v) is 14.4. The molecule has 5 rings (SSSR count). The molecule has 1 fully saturated rings. The van der Waals surface area contributed by atoms with Crippen molar-refractivity contribution in [3.8, 4) is 5.75 Å². The van der Waals surface area contributed by atoms with Gasteiger partial charge in [0, 0.05) is 48.3 Å². The minimum atomic E-state index is -5.08. The summed E-state index contributed by atoms with van der Waals surface area (Å²) in [6.45, 7) is 6.61. The Morgan fingerprint density at radius 2 is 1.80 bits per heavy atom. The number of hydrogen-bond donors (Lipinski definition) is 3. The number of rotatable bonds is 8. The molecule has 2 amide bonds. The average Bonchev–Trinajstić information content (AvgIpc) is 3.59. The SMILES string of the molecule is CCOC(=O)CNC(=O)N1CCc2c([nH]c3ccc(C(C)=O)cc23)C12CCN(CCOc1ccccc1)C2.O=C(O)C(F)(F)F. The van der Waals surface area contributed by atoms with Crippen LogP contribution in [0, 0.1) is 0 Å². The van der Waals surface area contributed by atoms with Crippen LogP contribution in [0.1, 0.15) is 41.9 Å². The first-order valence-electron chi connectivity index (χ1n) is 14.4. The number of carbonyl (C=O) groups excluding carboxylic acids is 3. The van der Waals surface area contributed by atoms with Gasteiger partial charge in [-0.15, -0.1) is 0 Å². The highest BCUT2D eigenvalue weighted by molar-refractivity contribution is 5.99. The van der Waals surface area contributed by atoms with E-state index in [0.29, 0.717) is 31.7 Å². The molecule has 0 bridgehead atoms. The van der Waals surface area contributed by atoms with Crippen molar-refractivity contribution in [1.82, 2.24) is 20.1 Å². The highest BCUT2D eigenvalue weighted by Gasteiger charge is 2.51. The predicted octanol–water partition coefficient (Wildman–Crippen LogP) is 4.11. The normalized spacial score (nSPS) is 17.8. The van der Waals surface area contributed by atoms with Gasteiger partial charge in [0.2, 0.25) is 0 Å². The summed E-state index contributed by atoms with van der Waals surface area (Å²) in [7, 11) is 0. The van der Waals surface area contributed by atoms with Gasteiger partial charge >= 0.3 is 24.1 Å². The molecule has 0 saturated carbocycles. The Kier molecular flexibility index (Phi) is 10.4. The van der Waals surface area contributed by atoms with Crippen LogP contribution in [0.15, 0.2) is 48.5 Å². The molecule has 1 spiro atoms. The summed E-state index contributed by atoms with van der Waals surface area (Å²) >= 11 is 0. The lowest BCUT2D eigenvalue weighted by atomic mass is 9.84. The number of nitrogens with one attached hydrogen (secondary N) is 2. The van der Waals surface area contributed by atoms with E-state index in [1.54, 1.807) is 13.8 Å². The van der Waals surface area contributed by atoms with Crippen LogP contribution >= 0.6 is 0 Å². The fraction of sp³-hybridized carbons (Fsp3) is 0.419. The van der Waals surface area contributed by atoms with Crippen molar-refractivity contribution in [2.45, 2.75) is 38.4 Å². The average molecular weight is 633 g/mol. The monoisotopic (exact) mass is 632 g/mol. The van der Waals surface area contributed by atoms with Crippen molar-refractivity contribution in [1.29, 1.82) is 0 Å². The Morgan fingerprint density at radius 1 is 1.09 bits per heavy atom. The van der Waals surface area contributed by atoms with E-state index in [1.165, 1.54) is 0 Å². The number of urea groups is 1. The largest absolute Gasteiger partial charge is 0.492 e. The summed E-state index contributed by atoms with van der Waals surface area (Å²) < 4.78 is 42.7. The second kappa shape index (κ2) is 14.0. The number of carboxylic acids is 1. The lowest BCUT2D eigenvalue weighted by molar-refractivity contribution is -0.192. The molecule has 1 saturated heterocycles. The number of aromatic nitrogens is 1. The maximum Gasteiger partial charge on any atom is 0.490 e. The fourth-order valence-corrected chi connectivity index (χ4v) is 5.74. The zero-order valence-corrected chi connectivity index (χ0v) is 24.9. The van der Waals surface area contributed by atoms with Crippen LogP contribution in [-0.4, -0.2) is 95.8 Å². The molecule has 242 valence electrons. The molecule has 11 nitrogen and oxygen atoms in total. The minimum Gasteiger partial charge on any atom is -0.492 e. The number of benzene rings is 2. The number of Topliss-reactive ketones (excluding diaryl/α,β-unsaturated/α-hetero) is 1. The molecular formula is C31H35F3N4O7. The first kappa shape index (κ1) is 33.3. The number of halogens is 3. The maximum atomic E-state index is 13.4. The van der Waals surface area contributed by atoms with Crippen LogP contribution in [0.3, 0.4) is 0 Å². The minimum absolute atomic E-state index is 0.0257. The van der Waals surface area contributed by atoms with Crippen molar-refractivity contribution in [3.05, 3.63) is 65.4 Å². The fourth-order valence-electron chi connectivity index (χ4n) is 5.74. The Hall–Kier alpha value is -4.59. The van der Waals surface area contributed by atoms with Crippen molar-refractivity contribution < 1.29 is 46.9 Å². The molecule has 2 aliphatic rings. The van der Waals surface area contributed by atoms with Crippen LogP contribution < -0.4 is 10.1 Å². The van der Waals surface area contributed by atoms with Gasteiger partial charge in [0.1, 0.15) is 18.9 Å². The number of ether oxygens (including phenoxy) is 2. The molecule has 0 aliphatic carbocycles. The third-order valence-electron chi connectivity index (χ3n) is 7.80. The number of fused-ring (bicyclic) bond motifs is 4. The highest BCUT2D eigenvalue weighted by atomic mass is 19.4. The van der Waals surface area contributed by atoms with Gasteiger partial charge < -0.3 is 29.8 Å². The summed E-state index contributed by atoms with van der Waals surface area (Å²) in [4.78, 5) is 54.1. The van der Waals surface area contributed by atoms with Gasteiger partial charge in [-0.05, 0) is 62.6 Å². The lowest BCUT2D eigenvalue weighted by Gasteiger charge is -2.44. The number of para-hydroxylation sites is 1. The molecule has 3 heterocycles. The number of carbonyl (C=O) groups is 4. The number of aliphatic carboxylic acids is 1. The Labute approximate surface area is 257 Å². The summed E-state index contributed by atoms with van der Waals surface area (Å²) in [6, 6.07) is 15.2. The molecule has 1 aromatic heterocycles. The zero-order valence-electron chi connectivity index (χ0n) is 24.9. The maximum absolute atomic E-state index is 13.4. The summed E-state index contributed by atoms with van der Waals surface area (Å²) in [5, 5.41) is 10.9. The molecule has 3 aromatic rings. The van der Waals surface area contributed by atoms with Crippen molar-refractivity contribution in [2.24, 2.45) is 0 Å². The zero-order chi connectivity index (χ0) is 32.8. The van der Waals surface area contributed by atoms with Crippen LogP contribution in [0.4, 0.5) is 18.0 Å². The summed E-state index contributed by atoms with van der Waals surface area (Å²) in [5.41, 5.74) is 3.21. The number of likely N-dealkylation sites (tertiary alicyclic amines) is 1. The molecule has 1 unspecified atom stereocenters. The van der Waals surface area contributed by atoms with Crippen molar-refractivity contribution in [2.75, 3.05) is 45.9 Å². The van der Waals surface area contributed by atoms with Gasteiger partial charge in [-0.1, -0.05) is 18.2 Å². The molecule has 2 aromatic carbocycles. The second-order valence-electron chi connectivity index (χ2n) is 10.7. The number of aromatic amines is 1. The standard InChI is InChI=1S/C29H34N4O5.C2HF3O2/c1-3-37-26(35)18-30-28(36)33-13-11-23-24-17-21(20(2)34)9-10-25(24)31-27(23)29(33)12-14-32(19-29)15-16-38-22-7-5-4-6-8-22;3-2(4,5)1(6)7/h4-10,17,31H,3,11-16,18-19H2,1-2H3,(H,30,36);(H,6,7). The topological polar surface area (TPSA) is 141 Å². The number of ketones is 1. The van der Waals surface area contributed by atoms with E-state index < -0.39 is 23.7 Å². The van der Waals surface area contributed by atoms with Crippen LogP contribution in [0.2, 0.25) is 0 Å². The smallest absolute Gasteiger partial charge is 0.490 e. The van der Waals surface area contributed by atoms with E-state index in [1.807, 2.05) is 53.4 Å². The van der Waals surface area contributed by atoms with Crippen LogP contribution in [-0.2, 0) is 26.3 Å². The summed E-state index contributed by atoms with van der Waals surface area (Å²) in [6.07, 6.45) is -3.69. The molecule has 2 aliphatic heterocycles.